The van der Waals surface area contributed by atoms with E-state index in [9.17, 15) is 5.11 Å². The zero-order chi connectivity index (χ0) is 13.7. The molecule has 3 aliphatic rings. The molecule has 3 aliphatic heterocycles. The highest BCUT2D eigenvalue weighted by Gasteiger charge is 2.55. The quantitative estimate of drug-likeness (QED) is 0.872. The van der Waals surface area contributed by atoms with Crippen molar-refractivity contribution in [3.05, 3.63) is 23.8 Å². The molecule has 0 aliphatic carbocycles. The van der Waals surface area contributed by atoms with E-state index in [0.717, 1.165) is 30.6 Å². The van der Waals surface area contributed by atoms with Crippen LogP contribution in [0.25, 0.3) is 0 Å². The van der Waals surface area contributed by atoms with Crippen molar-refractivity contribution in [1.82, 2.24) is 0 Å². The fraction of sp³-hybridized carbons (Fsp3) is 0.600. The van der Waals surface area contributed by atoms with Gasteiger partial charge in [-0.2, -0.15) is 0 Å². The van der Waals surface area contributed by atoms with Gasteiger partial charge in [0.25, 0.3) is 0 Å². The lowest BCUT2D eigenvalue weighted by molar-refractivity contribution is -0.0264. The highest BCUT2D eigenvalue weighted by atomic mass is 16.7. The van der Waals surface area contributed by atoms with Gasteiger partial charge in [-0.05, 0) is 37.0 Å². The van der Waals surface area contributed by atoms with Gasteiger partial charge in [-0.3, -0.25) is 0 Å². The van der Waals surface area contributed by atoms with Crippen molar-refractivity contribution >= 4 is 0 Å². The molecule has 5 heteroatoms. The van der Waals surface area contributed by atoms with Crippen molar-refractivity contribution in [2.45, 2.75) is 37.6 Å². The Kier molecular flexibility index (Phi) is 2.70. The average molecular weight is 277 g/mol. The number of rotatable bonds is 3. The third-order valence-corrected chi connectivity index (χ3v) is 4.99. The van der Waals surface area contributed by atoms with E-state index in [4.69, 9.17) is 19.9 Å². The topological polar surface area (TPSA) is 73.9 Å². The van der Waals surface area contributed by atoms with E-state index in [0.29, 0.717) is 12.3 Å². The summed E-state index contributed by atoms with van der Waals surface area (Å²) in [4.78, 5) is 0. The van der Waals surface area contributed by atoms with Gasteiger partial charge in [-0.15, -0.1) is 0 Å². The molecule has 4 atom stereocenters. The number of hydrogen-bond donors (Lipinski definition) is 2. The van der Waals surface area contributed by atoms with E-state index in [1.54, 1.807) is 0 Å². The maximum atomic E-state index is 10.9. The van der Waals surface area contributed by atoms with Crippen molar-refractivity contribution in [1.29, 1.82) is 0 Å². The van der Waals surface area contributed by atoms with E-state index in [1.807, 2.05) is 18.2 Å². The Morgan fingerprint density at radius 2 is 2.15 bits per heavy atom. The van der Waals surface area contributed by atoms with Crippen molar-refractivity contribution in [2.75, 3.05) is 13.3 Å². The molecule has 5 nitrogen and oxygen atoms in total. The van der Waals surface area contributed by atoms with Gasteiger partial charge in [-0.1, -0.05) is 6.07 Å². The molecule has 0 saturated carbocycles. The van der Waals surface area contributed by atoms with Gasteiger partial charge in [0.2, 0.25) is 6.79 Å². The predicted molar refractivity (Wildman–Crippen MR) is 71.5 cm³/mol. The van der Waals surface area contributed by atoms with Gasteiger partial charge < -0.3 is 25.1 Å². The minimum atomic E-state index is -0.628. The van der Waals surface area contributed by atoms with Gasteiger partial charge in [0, 0.05) is 12.0 Å². The summed E-state index contributed by atoms with van der Waals surface area (Å²) in [6.07, 6.45) is 2.61. The first kappa shape index (κ1) is 12.4. The van der Waals surface area contributed by atoms with Gasteiger partial charge in [0.05, 0.1) is 18.3 Å². The lowest BCUT2D eigenvalue weighted by atomic mass is 9.68. The molecular weight excluding hydrogens is 258 g/mol. The molecule has 2 bridgehead atoms. The molecule has 4 rings (SSSR count). The normalized spacial score (nSPS) is 35.5. The molecule has 1 aromatic rings. The second kappa shape index (κ2) is 4.35. The fourth-order valence-electron chi connectivity index (χ4n) is 3.86. The molecule has 20 heavy (non-hydrogen) atoms. The summed E-state index contributed by atoms with van der Waals surface area (Å²) < 4.78 is 16.6. The minimum Gasteiger partial charge on any atom is -0.454 e. The number of ether oxygens (including phenoxy) is 3. The molecule has 1 aromatic carbocycles. The van der Waals surface area contributed by atoms with Gasteiger partial charge in [0.15, 0.2) is 11.5 Å². The van der Waals surface area contributed by atoms with Gasteiger partial charge in [-0.25, -0.2) is 0 Å². The van der Waals surface area contributed by atoms with Crippen LogP contribution in [0.15, 0.2) is 18.2 Å². The predicted octanol–water partition coefficient (Wildman–Crippen LogP) is 1.35. The number of aliphatic hydroxyl groups excluding tert-OH is 1. The highest BCUT2D eigenvalue weighted by molar-refractivity contribution is 5.45. The molecule has 0 aromatic heterocycles. The Balaban J connectivity index is 1.67. The second-order valence-electron chi connectivity index (χ2n) is 5.98. The SMILES string of the molecule is NCC1(C(O)c2ccc3c(c2)OCO3)CC2CCC1O2. The highest BCUT2D eigenvalue weighted by Crippen LogP contribution is 2.54. The fourth-order valence-corrected chi connectivity index (χ4v) is 3.86. The third-order valence-electron chi connectivity index (χ3n) is 4.99. The van der Waals surface area contributed by atoms with Crippen LogP contribution >= 0.6 is 0 Å². The molecule has 3 heterocycles. The van der Waals surface area contributed by atoms with Crippen molar-refractivity contribution in [2.24, 2.45) is 11.1 Å². The van der Waals surface area contributed by atoms with Crippen LogP contribution in [0, 0.1) is 5.41 Å². The van der Waals surface area contributed by atoms with Crippen LogP contribution in [0.3, 0.4) is 0 Å². The van der Waals surface area contributed by atoms with Crippen LogP contribution in [-0.2, 0) is 4.74 Å². The first-order valence-corrected chi connectivity index (χ1v) is 7.16. The average Bonchev–Trinajstić information content (AvgIpc) is 3.20. The maximum Gasteiger partial charge on any atom is 0.231 e. The summed E-state index contributed by atoms with van der Waals surface area (Å²) in [5, 5.41) is 10.9. The van der Waals surface area contributed by atoms with E-state index in [2.05, 4.69) is 0 Å². The van der Waals surface area contributed by atoms with Crippen LogP contribution in [0.5, 0.6) is 11.5 Å². The van der Waals surface area contributed by atoms with E-state index < -0.39 is 6.10 Å². The molecule has 3 N–H and O–H groups in total. The molecular formula is C15H19NO4. The lowest BCUT2D eigenvalue weighted by Crippen LogP contribution is -2.44. The summed E-state index contributed by atoms with van der Waals surface area (Å²) >= 11 is 0. The number of aliphatic hydroxyl groups is 1. The van der Waals surface area contributed by atoms with Crippen LogP contribution in [0.1, 0.15) is 30.9 Å². The summed E-state index contributed by atoms with van der Waals surface area (Å²) in [5.41, 5.74) is 6.48. The monoisotopic (exact) mass is 277 g/mol. The lowest BCUT2D eigenvalue weighted by Gasteiger charge is -2.38. The smallest absolute Gasteiger partial charge is 0.231 e. The summed E-state index contributed by atoms with van der Waals surface area (Å²) in [5.74, 6) is 1.42. The van der Waals surface area contributed by atoms with Gasteiger partial charge in [0.1, 0.15) is 0 Å². The Hall–Kier alpha value is -1.30. The zero-order valence-electron chi connectivity index (χ0n) is 11.2. The molecule has 0 radical (unpaired) electrons. The molecule has 108 valence electrons. The maximum absolute atomic E-state index is 10.9. The summed E-state index contributed by atoms with van der Waals surface area (Å²) in [7, 11) is 0. The molecule has 0 spiro atoms. The van der Waals surface area contributed by atoms with E-state index in [-0.39, 0.29) is 24.4 Å². The van der Waals surface area contributed by atoms with E-state index in [1.165, 1.54) is 0 Å². The number of fused-ring (bicyclic) bond motifs is 3. The number of benzene rings is 1. The third kappa shape index (κ3) is 1.60. The second-order valence-corrected chi connectivity index (χ2v) is 5.98. The first-order valence-electron chi connectivity index (χ1n) is 7.16. The molecule has 0 amide bonds. The van der Waals surface area contributed by atoms with Gasteiger partial charge >= 0.3 is 0 Å². The molecule has 4 unspecified atom stereocenters. The summed E-state index contributed by atoms with van der Waals surface area (Å²) in [6, 6.07) is 5.59. The van der Waals surface area contributed by atoms with Crippen molar-refractivity contribution in [3.8, 4) is 11.5 Å². The largest absolute Gasteiger partial charge is 0.454 e. The van der Waals surface area contributed by atoms with Crippen molar-refractivity contribution in [3.63, 3.8) is 0 Å². The minimum absolute atomic E-state index is 0.0675. The standard InChI is InChI=1S/C15H19NO4/c16-7-15(6-10-2-4-13(15)20-10)14(17)9-1-3-11-12(5-9)19-8-18-11/h1,3,5,10,13-14,17H,2,4,6-8,16H2. The Morgan fingerprint density at radius 1 is 1.30 bits per heavy atom. The molecule has 2 saturated heterocycles. The Bertz CT molecular complexity index is 535. The van der Waals surface area contributed by atoms with Crippen LogP contribution in [0.2, 0.25) is 0 Å². The Morgan fingerprint density at radius 3 is 2.85 bits per heavy atom. The van der Waals surface area contributed by atoms with Crippen LogP contribution in [0.4, 0.5) is 0 Å². The zero-order valence-corrected chi connectivity index (χ0v) is 11.2. The van der Waals surface area contributed by atoms with Crippen LogP contribution < -0.4 is 15.2 Å². The van der Waals surface area contributed by atoms with Crippen LogP contribution in [-0.4, -0.2) is 30.7 Å². The first-order chi connectivity index (χ1) is 9.73. The van der Waals surface area contributed by atoms with E-state index >= 15 is 0 Å². The number of hydrogen-bond acceptors (Lipinski definition) is 5. The Labute approximate surface area is 117 Å². The molecule has 2 fully saturated rings. The van der Waals surface area contributed by atoms with Crippen molar-refractivity contribution < 1.29 is 19.3 Å². The summed E-state index contributed by atoms with van der Waals surface area (Å²) in [6.45, 7) is 0.675. The number of nitrogens with two attached hydrogens (primary N) is 1.